The van der Waals surface area contributed by atoms with Crippen molar-refractivity contribution in [1.82, 2.24) is 9.88 Å². The molecule has 2 N–H and O–H groups in total. The molecule has 0 aromatic carbocycles. The molecule has 1 aromatic rings. The van der Waals surface area contributed by atoms with E-state index in [2.05, 4.69) is 28.9 Å². The summed E-state index contributed by atoms with van der Waals surface area (Å²) in [5, 5.41) is 0. The summed E-state index contributed by atoms with van der Waals surface area (Å²) in [4.78, 5) is 6.85. The summed E-state index contributed by atoms with van der Waals surface area (Å²) in [6, 6.07) is 4.88. The number of hydrogen-bond donors (Lipinski definition) is 1. The Kier molecular flexibility index (Phi) is 3.34. The van der Waals surface area contributed by atoms with Crippen molar-refractivity contribution in [3.8, 4) is 0 Å². The lowest BCUT2D eigenvalue weighted by molar-refractivity contribution is 0.0867. The summed E-state index contributed by atoms with van der Waals surface area (Å²) in [5.74, 6) is 0. The molecule has 1 aliphatic heterocycles. The molecule has 0 radical (unpaired) electrons. The number of likely N-dealkylation sites (tertiary alicyclic amines) is 1. The van der Waals surface area contributed by atoms with Crippen molar-refractivity contribution in [1.29, 1.82) is 0 Å². The van der Waals surface area contributed by atoms with Crippen molar-refractivity contribution in [3.63, 3.8) is 0 Å². The summed E-state index contributed by atoms with van der Waals surface area (Å²) in [7, 11) is 0. The topological polar surface area (TPSA) is 42.1 Å². The van der Waals surface area contributed by atoms with E-state index in [1.54, 1.807) is 0 Å². The molecular weight excluding hydrogens is 186 g/mol. The van der Waals surface area contributed by atoms with Crippen LogP contribution in [-0.4, -0.2) is 29.0 Å². The lowest BCUT2D eigenvalue weighted by Crippen LogP contribution is -2.50. The van der Waals surface area contributed by atoms with Gasteiger partial charge in [-0.3, -0.25) is 9.88 Å². The zero-order valence-corrected chi connectivity index (χ0v) is 9.32. The summed E-state index contributed by atoms with van der Waals surface area (Å²) in [5.41, 5.74) is 8.12. The van der Waals surface area contributed by atoms with Gasteiger partial charge in [-0.2, -0.15) is 0 Å². The molecule has 0 bridgehead atoms. The highest BCUT2D eigenvalue weighted by molar-refractivity contribution is 5.14. The maximum Gasteiger partial charge on any atom is 0.0544 e. The van der Waals surface area contributed by atoms with Crippen LogP contribution in [0.3, 0.4) is 0 Å². The second kappa shape index (κ2) is 4.73. The van der Waals surface area contributed by atoms with Gasteiger partial charge in [0.15, 0.2) is 0 Å². The number of aromatic nitrogens is 1. The third-order valence-corrected chi connectivity index (χ3v) is 3.20. The standard InChI is InChI=1S/C12H19N3/c1-2-10-3-4-11(14-8-10)9-15-6-5-12(15)7-13/h3-4,8,12H,2,5-7,9,13H2,1H3. The van der Waals surface area contributed by atoms with Crippen LogP contribution in [0.25, 0.3) is 0 Å². The minimum Gasteiger partial charge on any atom is -0.329 e. The predicted octanol–water partition coefficient (Wildman–Crippen LogP) is 1.18. The maximum absolute atomic E-state index is 5.66. The van der Waals surface area contributed by atoms with Gasteiger partial charge in [0.2, 0.25) is 0 Å². The lowest BCUT2D eigenvalue weighted by atomic mass is 10.0. The van der Waals surface area contributed by atoms with Crippen molar-refractivity contribution in [2.45, 2.75) is 32.4 Å². The van der Waals surface area contributed by atoms with Crippen LogP contribution in [0.15, 0.2) is 18.3 Å². The van der Waals surface area contributed by atoms with E-state index in [1.807, 2.05) is 6.20 Å². The Morgan fingerprint density at radius 3 is 2.87 bits per heavy atom. The van der Waals surface area contributed by atoms with Crippen LogP contribution in [0.5, 0.6) is 0 Å². The zero-order chi connectivity index (χ0) is 10.7. The minimum absolute atomic E-state index is 0.581. The minimum atomic E-state index is 0.581. The Labute approximate surface area is 91.3 Å². The maximum atomic E-state index is 5.66. The van der Waals surface area contributed by atoms with Gasteiger partial charge in [-0.05, 0) is 24.5 Å². The van der Waals surface area contributed by atoms with Crippen LogP contribution in [0.2, 0.25) is 0 Å². The van der Waals surface area contributed by atoms with Crippen LogP contribution in [0, 0.1) is 0 Å². The van der Waals surface area contributed by atoms with Crippen LogP contribution in [-0.2, 0) is 13.0 Å². The molecule has 1 atom stereocenters. The van der Waals surface area contributed by atoms with Crippen LogP contribution >= 0.6 is 0 Å². The zero-order valence-electron chi connectivity index (χ0n) is 9.32. The Morgan fingerprint density at radius 2 is 2.40 bits per heavy atom. The third-order valence-electron chi connectivity index (χ3n) is 3.20. The van der Waals surface area contributed by atoms with Crippen molar-refractivity contribution < 1.29 is 0 Å². The van der Waals surface area contributed by atoms with Gasteiger partial charge in [-0.25, -0.2) is 0 Å². The van der Waals surface area contributed by atoms with Gasteiger partial charge < -0.3 is 5.73 Å². The Bertz CT molecular complexity index is 305. The van der Waals surface area contributed by atoms with E-state index in [-0.39, 0.29) is 0 Å². The first-order valence-corrected chi connectivity index (χ1v) is 5.71. The molecule has 1 aromatic heterocycles. The summed E-state index contributed by atoms with van der Waals surface area (Å²) < 4.78 is 0. The Balaban J connectivity index is 1.93. The molecule has 3 heteroatoms. The molecule has 2 rings (SSSR count). The van der Waals surface area contributed by atoms with E-state index in [1.165, 1.54) is 18.5 Å². The van der Waals surface area contributed by atoms with E-state index in [9.17, 15) is 0 Å². The second-order valence-electron chi connectivity index (χ2n) is 4.16. The van der Waals surface area contributed by atoms with Gasteiger partial charge in [0, 0.05) is 31.9 Å². The third kappa shape index (κ3) is 2.36. The molecule has 0 amide bonds. The smallest absolute Gasteiger partial charge is 0.0544 e. The highest BCUT2D eigenvalue weighted by Crippen LogP contribution is 2.18. The molecule has 1 unspecified atom stereocenters. The van der Waals surface area contributed by atoms with Gasteiger partial charge in [0.05, 0.1) is 5.69 Å². The van der Waals surface area contributed by atoms with E-state index in [0.29, 0.717) is 6.04 Å². The number of hydrogen-bond acceptors (Lipinski definition) is 3. The number of nitrogens with two attached hydrogens (primary N) is 1. The first-order chi connectivity index (χ1) is 7.33. The molecular formula is C12H19N3. The van der Waals surface area contributed by atoms with Crippen molar-refractivity contribution in [3.05, 3.63) is 29.6 Å². The molecule has 0 spiro atoms. The number of pyridine rings is 1. The molecule has 0 aliphatic carbocycles. The van der Waals surface area contributed by atoms with Gasteiger partial charge in [-0.15, -0.1) is 0 Å². The number of rotatable bonds is 4. The van der Waals surface area contributed by atoms with Crippen molar-refractivity contribution in [2.75, 3.05) is 13.1 Å². The summed E-state index contributed by atoms with van der Waals surface area (Å²) in [6.45, 7) is 5.04. The molecule has 15 heavy (non-hydrogen) atoms. The number of aryl methyl sites for hydroxylation is 1. The highest BCUT2D eigenvalue weighted by atomic mass is 15.2. The SMILES string of the molecule is CCc1ccc(CN2CCC2CN)nc1. The van der Waals surface area contributed by atoms with E-state index < -0.39 is 0 Å². The average Bonchev–Trinajstić information content (AvgIpc) is 2.26. The van der Waals surface area contributed by atoms with Crippen LogP contribution in [0.1, 0.15) is 24.6 Å². The molecule has 2 heterocycles. The van der Waals surface area contributed by atoms with Crippen LogP contribution in [0.4, 0.5) is 0 Å². The fourth-order valence-electron chi connectivity index (χ4n) is 1.94. The largest absolute Gasteiger partial charge is 0.329 e. The van der Waals surface area contributed by atoms with Crippen molar-refractivity contribution in [2.24, 2.45) is 5.73 Å². The Morgan fingerprint density at radius 1 is 1.53 bits per heavy atom. The molecule has 1 fully saturated rings. The van der Waals surface area contributed by atoms with Gasteiger partial charge >= 0.3 is 0 Å². The second-order valence-corrected chi connectivity index (χ2v) is 4.16. The molecule has 82 valence electrons. The monoisotopic (exact) mass is 205 g/mol. The molecule has 1 aliphatic rings. The van der Waals surface area contributed by atoms with Gasteiger partial charge in [-0.1, -0.05) is 13.0 Å². The predicted molar refractivity (Wildman–Crippen MR) is 61.5 cm³/mol. The highest BCUT2D eigenvalue weighted by Gasteiger charge is 2.26. The van der Waals surface area contributed by atoms with Crippen LogP contribution < -0.4 is 5.73 Å². The van der Waals surface area contributed by atoms with E-state index in [4.69, 9.17) is 5.73 Å². The average molecular weight is 205 g/mol. The summed E-state index contributed by atoms with van der Waals surface area (Å²) >= 11 is 0. The normalized spacial score (nSPS) is 21.3. The number of nitrogens with zero attached hydrogens (tertiary/aromatic N) is 2. The molecule has 3 nitrogen and oxygen atoms in total. The lowest BCUT2D eigenvalue weighted by Gasteiger charge is -2.40. The quantitative estimate of drug-likeness (QED) is 0.802. The van der Waals surface area contributed by atoms with E-state index in [0.717, 1.165) is 25.2 Å². The Hall–Kier alpha value is -0.930. The fraction of sp³-hybridized carbons (Fsp3) is 0.583. The fourth-order valence-corrected chi connectivity index (χ4v) is 1.94. The summed E-state index contributed by atoms with van der Waals surface area (Å²) in [6.07, 6.45) is 4.28. The molecule has 1 saturated heterocycles. The molecule has 0 saturated carbocycles. The van der Waals surface area contributed by atoms with Crippen molar-refractivity contribution >= 4 is 0 Å². The van der Waals surface area contributed by atoms with Gasteiger partial charge in [0.1, 0.15) is 0 Å². The first-order valence-electron chi connectivity index (χ1n) is 5.71. The van der Waals surface area contributed by atoms with E-state index >= 15 is 0 Å². The van der Waals surface area contributed by atoms with Gasteiger partial charge in [0.25, 0.3) is 0 Å². The first kappa shape index (κ1) is 10.6.